The molecule has 0 saturated carbocycles. The number of Topliss-reactive ketones (excluding diaryl/α,β-unsaturated/α-hetero) is 1. The predicted octanol–water partition coefficient (Wildman–Crippen LogP) is 1.41. The van der Waals surface area contributed by atoms with E-state index in [0.29, 0.717) is 6.07 Å². The van der Waals surface area contributed by atoms with Gasteiger partial charge in [0.15, 0.2) is 0 Å². The van der Waals surface area contributed by atoms with Crippen LogP contribution in [0.15, 0.2) is 18.2 Å². The summed E-state index contributed by atoms with van der Waals surface area (Å²) in [4.78, 5) is 32.3. The first-order chi connectivity index (χ1) is 8.45. The molecule has 0 atom stereocenters. The van der Waals surface area contributed by atoms with E-state index in [-0.39, 0.29) is 12.2 Å². The van der Waals surface area contributed by atoms with Crippen molar-refractivity contribution in [2.24, 2.45) is 0 Å². The Morgan fingerprint density at radius 2 is 2.11 bits per heavy atom. The van der Waals surface area contributed by atoms with Crippen LogP contribution in [0, 0.1) is 15.9 Å². The highest BCUT2D eigenvalue weighted by atomic mass is 19.1. The lowest BCUT2D eigenvalue weighted by Crippen LogP contribution is -2.19. The van der Waals surface area contributed by atoms with Gasteiger partial charge in [-0.2, -0.15) is 0 Å². The summed E-state index contributed by atoms with van der Waals surface area (Å²) in [5.41, 5.74) is -0.563. The van der Waals surface area contributed by atoms with Crippen LogP contribution in [0.25, 0.3) is 0 Å². The summed E-state index contributed by atoms with van der Waals surface area (Å²) in [6, 6.07) is 2.79. The average molecular weight is 255 g/mol. The molecule has 0 heterocycles. The van der Waals surface area contributed by atoms with Crippen molar-refractivity contribution < 1.29 is 23.6 Å². The van der Waals surface area contributed by atoms with Crippen LogP contribution in [-0.4, -0.2) is 23.3 Å². The molecule has 0 fully saturated rings. The third-order valence-electron chi connectivity index (χ3n) is 2.10. The summed E-state index contributed by atoms with van der Waals surface area (Å²) >= 11 is 0. The van der Waals surface area contributed by atoms with Crippen molar-refractivity contribution in [1.29, 1.82) is 0 Å². The van der Waals surface area contributed by atoms with E-state index in [1.54, 1.807) is 0 Å². The lowest BCUT2D eigenvalue weighted by molar-refractivity contribution is -0.385. The minimum Gasteiger partial charge on any atom is -0.460 e. The number of nitro benzene ring substituents is 1. The highest BCUT2D eigenvalue weighted by Crippen LogP contribution is 2.20. The van der Waals surface area contributed by atoms with Crippen LogP contribution in [-0.2, 0) is 20.7 Å². The summed E-state index contributed by atoms with van der Waals surface area (Å²) in [5.74, 6) is -2.75. The first-order valence-corrected chi connectivity index (χ1v) is 5.08. The number of halogens is 1. The molecule has 1 aromatic carbocycles. The Hall–Kier alpha value is -2.31. The highest BCUT2D eigenvalue weighted by molar-refractivity contribution is 6.34. The molecule has 96 valence electrons. The molecule has 1 rings (SSSR count). The van der Waals surface area contributed by atoms with Crippen LogP contribution >= 0.6 is 0 Å². The fraction of sp³-hybridized carbons (Fsp3) is 0.273. The van der Waals surface area contributed by atoms with E-state index >= 15 is 0 Å². The van der Waals surface area contributed by atoms with Gasteiger partial charge in [0, 0.05) is 12.0 Å². The summed E-state index contributed by atoms with van der Waals surface area (Å²) in [7, 11) is 0. The molecule has 0 spiro atoms. The van der Waals surface area contributed by atoms with E-state index in [0.717, 1.165) is 12.1 Å². The van der Waals surface area contributed by atoms with Crippen molar-refractivity contribution in [3.63, 3.8) is 0 Å². The van der Waals surface area contributed by atoms with E-state index in [9.17, 15) is 24.1 Å². The van der Waals surface area contributed by atoms with E-state index in [4.69, 9.17) is 0 Å². The maximum Gasteiger partial charge on any atom is 0.374 e. The van der Waals surface area contributed by atoms with Crippen LogP contribution in [0.5, 0.6) is 0 Å². The van der Waals surface area contributed by atoms with E-state index in [1.165, 1.54) is 6.92 Å². The number of hydrogen-bond acceptors (Lipinski definition) is 5. The fourth-order valence-corrected chi connectivity index (χ4v) is 1.31. The molecular weight excluding hydrogens is 245 g/mol. The molecule has 0 amide bonds. The van der Waals surface area contributed by atoms with Gasteiger partial charge in [-0.15, -0.1) is 0 Å². The Kier molecular flexibility index (Phi) is 4.47. The Bertz CT molecular complexity index is 500. The highest BCUT2D eigenvalue weighted by Gasteiger charge is 2.22. The number of ether oxygens (including phenoxy) is 1. The van der Waals surface area contributed by atoms with Crippen molar-refractivity contribution in [3.8, 4) is 0 Å². The number of esters is 1. The molecule has 18 heavy (non-hydrogen) atoms. The van der Waals surface area contributed by atoms with Gasteiger partial charge in [-0.1, -0.05) is 0 Å². The number of nitrogens with zero attached hydrogens (tertiary/aromatic N) is 1. The summed E-state index contributed by atoms with van der Waals surface area (Å²) in [6.45, 7) is 1.57. The number of carbonyl (C=O) groups excluding carboxylic acids is 2. The van der Waals surface area contributed by atoms with Crippen LogP contribution in [0.2, 0.25) is 0 Å². The summed E-state index contributed by atoms with van der Waals surface area (Å²) in [6.07, 6.45) is -0.491. The normalized spacial score (nSPS) is 9.89. The smallest absolute Gasteiger partial charge is 0.374 e. The van der Waals surface area contributed by atoms with Gasteiger partial charge in [-0.05, 0) is 19.1 Å². The van der Waals surface area contributed by atoms with Gasteiger partial charge in [0.2, 0.25) is 5.78 Å². The molecule has 0 N–H and O–H groups in total. The zero-order valence-electron chi connectivity index (χ0n) is 9.51. The Morgan fingerprint density at radius 1 is 1.44 bits per heavy atom. The molecule has 0 unspecified atom stereocenters. The van der Waals surface area contributed by atoms with Crippen LogP contribution in [0.3, 0.4) is 0 Å². The lowest BCUT2D eigenvalue weighted by Gasteiger charge is -2.02. The van der Waals surface area contributed by atoms with Gasteiger partial charge in [-0.25, -0.2) is 9.18 Å². The number of rotatable bonds is 5. The molecule has 0 radical (unpaired) electrons. The predicted molar refractivity (Wildman–Crippen MR) is 58.4 cm³/mol. The average Bonchev–Trinajstić information content (AvgIpc) is 2.31. The van der Waals surface area contributed by atoms with Crippen LogP contribution < -0.4 is 0 Å². The summed E-state index contributed by atoms with van der Waals surface area (Å²) in [5, 5.41) is 10.7. The molecule has 1 aromatic rings. The van der Waals surface area contributed by atoms with Gasteiger partial charge in [0.25, 0.3) is 5.69 Å². The first kappa shape index (κ1) is 13.8. The second-order valence-electron chi connectivity index (χ2n) is 3.35. The maximum atomic E-state index is 12.8. The fourth-order valence-electron chi connectivity index (χ4n) is 1.31. The van der Waals surface area contributed by atoms with Gasteiger partial charge < -0.3 is 4.74 Å². The molecule has 0 aliphatic rings. The quantitative estimate of drug-likeness (QED) is 0.343. The Balaban J connectivity index is 2.94. The minimum absolute atomic E-state index is 0.0283. The molecule has 0 saturated heterocycles. The Morgan fingerprint density at radius 3 is 2.67 bits per heavy atom. The lowest BCUT2D eigenvalue weighted by atomic mass is 10.1. The number of carbonyl (C=O) groups is 2. The van der Waals surface area contributed by atoms with Crippen molar-refractivity contribution in [2.75, 3.05) is 6.61 Å². The van der Waals surface area contributed by atoms with Crippen molar-refractivity contribution in [3.05, 3.63) is 39.7 Å². The summed E-state index contributed by atoms with van der Waals surface area (Å²) < 4.78 is 17.3. The van der Waals surface area contributed by atoms with Crippen molar-refractivity contribution >= 4 is 17.4 Å². The number of ketones is 1. The number of benzene rings is 1. The van der Waals surface area contributed by atoms with Crippen molar-refractivity contribution in [1.82, 2.24) is 0 Å². The largest absolute Gasteiger partial charge is 0.460 e. The van der Waals surface area contributed by atoms with Crippen molar-refractivity contribution in [2.45, 2.75) is 13.3 Å². The zero-order chi connectivity index (χ0) is 13.7. The van der Waals surface area contributed by atoms with Crippen LogP contribution in [0.1, 0.15) is 12.5 Å². The molecule has 0 aliphatic carbocycles. The maximum absolute atomic E-state index is 12.8. The van der Waals surface area contributed by atoms with E-state index in [2.05, 4.69) is 4.74 Å². The number of nitro groups is 1. The molecule has 0 bridgehead atoms. The van der Waals surface area contributed by atoms with E-state index < -0.39 is 34.6 Å². The molecule has 7 heteroatoms. The second kappa shape index (κ2) is 5.85. The third kappa shape index (κ3) is 3.34. The first-order valence-electron chi connectivity index (χ1n) is 5.08. The molecule has 6 nitrogen and oxygen atoms in total. The van der Waals surface area contributed by atoms with Gasteiger partial charge in [0.05, 0.1) is 17.6 Å². The Labute approximate surface area is 102 Å². The topological polar surface area (TPSA) is 86.5 Å². The third-order valence-corrected chi connectivity index (χ3v) is 2.10. The van der Waals surface area contributed by atoms with Gasteiger partial charge >= 0.3 is 5.97 Å². The van der Waals surface area contributed by atoms with Gasteiger partial charge in [0.1, 0.15) is 5.82 Å². The standard InChI is InChI=1S/C11H10FNO5/c1-2-18-11(15)10(14)5-7-3-4-8(12)6-9(7)13(16)17/h3-4,6H,2,5H2,1H3. The molecule has 0 aliphatic heterocycles. The van der Waals surface area contributed by atoms with Gasteiger partial charge in [-0.3, -0.25) is 14.9 Å². The minimum atomic E-state index is -1.06. The molecule has 0 aromatic heterocycles. The number of hydrogen-bond donors (Lipinski definition) is 0. The molecular formula is C11H10FNO5. The zero-order valence-corrected chi connectivity index (χ0v) is 9.51. The monoisotopic (exact) mass is 255 g/mol. The SMILES string of the molecule is CCOC(=O)C(=O)Cc1ccc(F)cc1[N+](=O)[O-]. The second-order valence-corrected chi connectivity index (χ2v) is 3.35. The van der Waals surface area contributed by atoms with E-state index in [1.807, 2.05) is 0 Å². The van der Waals surface area contributed by atoms with Crippen LogP contribution in [0.4, 0.5) is 10.1 Å².